The molecule has 106 valence electrons. The molecule has 0 bridgehead atoms. The van der Waals surface area contributed by atoms with Crippen LogP contribution < -0.4 is 16.2 Å². The van der Waals surface area contributed by atoms with Gasteiger partial charge in [0.05, 0.1) is 24.9 Å². The van der Waals surface area contributed by atoms with E-state index in [1.807, 2.05) is 0 Å². The Labute approximate surface area is 106 Å². The molecule has 9 heteroatoms. The summed E-state index contributed by atoms with van der Waals surface area (Å²) in [5.41, 5.74) is 10.6. The van der Waals surface area contributed by atoms with E-state index >= 15 is 0 Å². The number of hydrogen-bond donors (Lipinski definition) is 2. The van der Waals surface area contributed by atoms with Gasteiger partial charge in [0.1, 0.15) is 0 Å². The molecule has 0 spiro atoms. The van der Waals surface area contributed by atoms with E-state index in [-0.39, 0.29) is 29.9 Å². The zero-order chi connectivity index (χ0) is 14.6. The summed E-state index contributed by atoms with van der Waals surface area (Å²) in [5, 5.41) is 0. The van der Waals surface area contributed by atoms with E-state index in [4.69, 9.17) is 11.5 Å². The number of nitrogen functional groups attached to an aromatic ring is 1. The highest BCUT2D eigenvalue weighted by atomic mass is 19.4. The summed E-state index contributed by atoms with van der Waals surface area (Å²) in [6.07, 6.45) is -5.23. The van der Waals surface area contributed by atoms with Crippen LogP contribution in [0.2, 0.25) is 0 Å². The summed E-state index contributed by atoms with van der Waals surface area (Å²) in [6, 6.07) is 1.33. The van der Waals surface area contributed by atoms with Gasteiger partial charge in [0.15, 0.2) is 0 Å². The van der Waals surface area contributed by atoms with Crippen LogP contribution in [0.4, 0.5) is 18.9 Å². The molecule has 1 heterocycles. The van der Waals surface area contributed by atoms with E-state index in [1.54, 1.807) is 0 Å². The Hall–Kier alpha value is -2.03. The average molecular weight is 279 g/mol. The molecule has 6 nitrogen and oxygen atoms in total. The maximum atomic E-state index is 12.2. The molecule has 0 amide bonds. The van der Waals surface area contributed by atoms with Gasteiger partial charge in [-0.3, -0.25) is 4.79 Å². The lowest BCUT2D eigenvalue weighted by Gasteiger charge is -2.14. The Bertz CT molecular complexity index is 477. The van der Waals surface area contributed by atoms with Gasteiger partial charge in [-0.2, -0.15) is 0 Å². The molecule has 0 unspecified atom stereocenters. The minimum absolute atomic E-state index is 0.113. The van der Waals surface area contributed by atoms with Gasteiger partial charge in [0, 0.05) is 6.54 Å². The summed E-state index contributed by atoms with van der Waals surface area (Å²) in [7, 11) is 1.15. The topological polar surface area (TPSA) is 100 Å². The minimum Gasteiger partial charge on any atom is -0.469 e. The number of carbonyl (C=O) groups excluding carboxylic acids is 1. The zero-order valence-corrected chi connectivity index (χ0v) is 9.95. The van der Waals surface area contributed by atoms with E-state index < -0.39 is 18.2 Å². The lowest BCUT2D eigenvalue weighted by molar-refractivity contribution is -0.275. The van der Waals surface area contributed by atoms with Crippen LogP contribution in [0.25, 0.3) is 0 Å². The van der Waals surface area contributed by atoms with Crippen LogP contribution in [-0.2, 0) is 22.5 Å². The van der Waals surface area contributed by atoms with E-state index in [0.717, 1.165) is 7.11 Å². The predicted molar refractivity (Wildman–Crippen MR) is 58.9 cm³/mol. The number of nitrogens with two attached hydrogens (primary N) is 2. The van der Waals surface area contributed by atoms with Gasteiger partial charge in [-0.1, -0.05) is 0 Å². The van der Waals surface area contributed by atoms with Crippen molar-refractivity contribution < 1.29 is 27.4 Å². The first-order valence-corrected chi connectivity index (χ1v) is 5.07. The van der Waals surface area contributed by atoms with Crippen molar-refractivity contribution in [2.45, 2.75) is 19.3 Å². The smallest absolute Gasteiger partial charge is 0.469 e. The SMILES string of the molecule is COC(=O)Cc1cc(CN)nc(OC(F)(F)F)c1N. The first-order valence-electron chi connectivity index (χ1n) is 5.07. The maximum Gasteiger partial charge on any atom is 0.574 e. The highest BCUT2D eigenvalue weighted by molar-refractivity contribution is 5.75. The standard InChI is InChI=1S/C10H12F3N3O3/c1-18-7(17)3-5-2-6(4-14)16-9(8(5)15)19-10(11,12)13/h2H,3-4,14-15H2,1H3. The van der Waals surface area contributed by atoms with Gasteiger partial charge in [0.2, 0.25) is 5.88 Å². The van der Waals surface area contributed by atoms with Gasteiger partial charge >= 0.3 is 12.3 Å². The number of nitrogens with zero attached hydrogens (tertiary/aromatic N) is 1. The minimum atomic E-state index is -4.93. The van der Waals surface area contributed by atoms with Crippen LogP contribution in [0.3, 0.4) is 0 Å². The Kier molecular flexibility index (Phi) is 4.54. The number of carbonyl (C=O) groups is 1. The largest absolute Gasteiger partial charge is 0.574 e. The van der Waals surface area contributed by atoms with Crippen LogP contribution in [0.5, 0.6) is 5.88 Å². The summed E-state index contributed by atoms with van der Waals surface area (Å²) in [4.78, 5) is 14.7. The molecule has 1 aromatic heterocycles. The van der Waals surface area contributed by atoms with E-state index in [0.29, 0.717) is 0 Å². The number of pyridine rings is 1. The molecular weight excluding hydrogens is 267 g/mol. The third-order valence-corrected chi connectivity index (χ3v) is 2.15. The molecule has 0 aliphatic heterocycles. The van der Waals surface area contributed by atoms with Crippen LogP contribution in [-0.4, -0.2) is 24.4 Å². The normalized spacial score (nSPS) is 11.2. The lowest BCUT2D eigenvalue weighted by Crippen LogP contribution is -2.20. The number of rotatable bonds is 4. The fourth-order valence-electron chi connectivity index (χ4n) is 1.31. The second-order valence-corrected chi connectivity index (χ2v) is 3.50. The molecule has 0 saturated heterocycles. The molecule has 0 aliphatic rings. The van der Waals surface area contributed by atoms with Crippen molar-refractivity contribution in [1.29, 1.82) is 0 Å². The van der Waals surface area contributed by atoms with E-state index in [2.05, 4.69) is 14.5 Å². The van der Waals surface area contributed by atoms with Gasteiger partial charge < -0.3 is 20.9 Å². The Morgan fingerprint density at radius 2 is 2.11 bits per heavy atom. The van der Waals surface area contributed by atoms with Crippen LogP contribution in [0.1, 0.15) is 11.3 Å². The number of ether oxygens (including phenoxy) is 2. The molecule has 0 aromatic carbocycles. The fraction of sp³-hybridized carbons (Fsp3) is 0.400. The summed E-state index contributed by atoms with van der Waals surface area (Å²) in [5.74, 6) is -1.48. The molecule has 0 radical (unpaired) electrons. The highest BCUT2D eigenvalue weighted by Crippen LogP contribution is 2.29. The monoisotopic (exact) mass is 279 g/mol. The number of alkyl halides is 3. The highest BCUT2D eigenvalue weighted by Gasteiger charge is 2.33. The quantitative estimate of drug-likeness (QED) is 0.788. The van der Waals surface area contributed by atoms with Crippen molar-refractivity contribution in [3.8, 4) is 5.88 Å². The lowest BCUT2D eigenvalue weighted by atomic mass is 10.1. The second kappa shape index (κ2) is 5.74. The molecular formula is C10H12F3N3O3. The number of methoxy groups -OCH3 is 1. The Balaban J connectivity index is 3.17. The van der Waals surface area contributed by atoms with Gasteiger partial charge in [0.25, 0.3) is 0 Å². The number of esters is 1. The molecule has 0 atom stereocenters. The van der Waals surface area contributed by atoms with Crippen molar-refractivity contribution in [3.63, 3.8) is 0 Å². The van der Waals surface area contributed by atoms with Crippen molar-refractivity contribution in [1.82, 2.24) is 4.98 Å². The third kappa shape index (κ3) is 4.28. The molecule has 0 aliphatic carbocycles. The summed E-state index contributed by atoms with van der Waals surface area (Å²) < 4.78 is 44.6. The van der Waals surface area contributed by atoms with Crippen molar-refractivity contribution in [2.24, 2.45) is 5.73 Å². The molecule has 0 fully saturated rings. The average Bonchev–Trinajstić information content (AvgIpc) is 2.32. The molecule has 1 aromatic rings. The number of anilines is 1. The zero-order valence-electron chi connectivity index (χ0n) is 9.95. The predicted octanol–water partition coefficient (Wildman–Crippen LogP) is 0.737. The molecule has 19 heavy (non-hydrogen) atoms. The Morgan fingerprint density at radius 3 is 2.58 bits per heavy atom. The third-order valence-electron chi connectivity index (χ3n) is 2.15. The van der Waals surface area contributed by atoms with Gasteiger partial charge in [-0.15, -0.1) is 13.2 Å². The van der Waals surface area contributed by atoms with Crippen LogP contribution >= 0.6 is 0 Å². The van der Waals surface area contributed by atoms with Gasteiger partial charge in [-0.05, 0) is 11.6 Å². The Morgan fingerprint density at radius 1 is 1.47 bits per heavy atom. The van der Waals surface area contributed by atoms with Crippen molar-refractivity contribution in [3.05, 3.63) is 17.3 Å². The van der Waals surface area contributed by atoms with Crippen LogP contribution in [0.15, 0.2) is 6.07 Å². The first kappa shape index (κ1) is 15.0. The summed E-state index contributed by atoms with van der Waals surface area (Å²) in [6.45, 7) is -0.122. The van der Waals surface area contributed by atoms with Crippen molar-refractivity contribution in [2.75, 3.05) is 12.8 Å². The fourth-order valence-corrected chi connectivity index (χ4v) is 1.31. The van der Waals surface area contributed by atoms with Gasteiger partial charge in [-0.25, -0.2) is 4.98 Å². The molecule has 1 rings (SSSR count). The van der Waals surface area contributed by atoms with Crippen LogP contribution in [0, 0.1) is 0 Å². The summed E-state index contributed by atoms with van der Waals surface area (Å²) >= 11 is 0. The number of hydrogen-bond acceptors (Lipinski definition) is 6. The first-order chi connectivity index (χ1) is 8.76. The maximum absolute atomic E-state index is 12.2. The van der Waals surface area contributed by atoms with Crippen molar-refractivity contribution >= 4 is 11.7 Å². The van der Waals surface area contributed by atoms with E-state index in [1.165, 1.54) is 6.07 Å². The van der Waals surface area contributed by atoms with E-state index in [9.17, 15) is 18.0 Å². The second-order valence-electron chi connectivity index (χ2n) is 3.50. The molecule has 4 N–H and O–H groups in total. The number of aromatic nitrogens is 1. The number of halogens is 3. The molecule has 0 saturated carbocycles.